The molecule has 0 saturated carbocycles. The molecule has 4 amide bonds. The van der Waals surface area contributed by atoms with Crippen molar-refractivity contribution in [2.24, 2.45) is 26.9 Å². The predicted molar refractivity (Wildman–Crippen MR) is 145 cm³/mol. The summed E-state index contributed by atoms with van der Waals surface area (Å²) in [5.41, 5.74) is 8.46. The van der Waals surface area contributed by atoms with Gasteiger partial charge in [-0.05, 0) is 18.2 Å². The summed E-state index contributed by atoms with van der Waals surface area (Å²) in [5.74, 6) is -1.71. The molecule has 13 nitrogen and oxygen atoms in total. The molecule has 3 aromatic rings. The first-order valence-electron chi connectivity index (χ1n) is 11.3. The molecule has 0 aliphatic carbocycles. The molecule has 0 atom stereocenters. The van der Waals surface area contributed by atoms with E-state index in [1.807, 2.05) is 0 Å². The first-order valence-corrected chi connectivity index (χ1v) is 11.7. The van der Waals surface area contributed by atoms with Crippen molar-refractivity contribution in [3.05, 3.63) is 65.5 Å². The maximum absolute atomic E-state index is 12.9. The number of nitrogens with two attached hydrogens (primary N) is 1. The van der Waals surface area contributed by atoms with Crippen LogP contribution < -0.4 is 27.0 Å². The zero-order valence-electron chi connectivity index (χ0n) is 21.0. The van der Waals surface area contributed by atoms with E-state index in [2.05, 4.69) is 21.3 Å². The molecule has 7 N–H and O–H groups in total. The Morgan fingerprint density at radius 2 is 1.24 bits per heavy atom. The number of amidine groups is 1. The highest BCUT2D eigenvalue weighted by Crippen LogP contribution is 2.19. The molecule has 0 radical (unpaired) electrons. The number of aromatic nitrogens is 3. The number of nitrogens with one attached hydrogen (secondary N) is 5. The second-order valence-corrected chi connectivity index (χ2v) is 8.65. The molecule has 0 unspecified atom stereocenters. The van der Waals surface area contributed by atoms with Gasteiger partial charge in [0.2, 0.25) is 5.91 Å². The average Bonchev–Trinajstić information content (AvgIpc) is 3.49. The molecule has 0 aliphatic rings. The second kappa shape index (κ2) is 12.0. The van der Waals surface area contributed by atoms with Gasteiger partial charge < -0.3 is 40.7 Å². The molecule has 0 saturated heterocycles. The zero-order valence-corrected chi connectivity index (χ0v) is 21.7. The number of rotatable bonds is 10. The van der Waals surface area contributed by atoms with E-state index >= 15 is 0 Å². The van der Waals surface area contributed by atoms with Gasteiger partial charge in [-0.1, -0.05) is 11.6 Å². The van der Waals surface area contributed by atoms with Gasteiger partial charge in [0.1, 0.15) is 17.1 Å². The molecule has 0 bridgehead atoms. The van der Waals surface area contributed by atoms with E-state index in [0.717, 1.165) is 11.6 Å². The van der Waals surface area contributed by atoms with Gasteiger partial charge in [-0.3, -0.25) is 24.6 Å². The van der Waals surface area contributed by atoms with Gasteiger partial charge in [-0.25, -0.2) is 0 Å². The van der Waals surface area contributed by atoms with Crippen molar-refractivity contribution in [3.63, 3.8) is 0 Å². The molecule has 0 aromatic carbocycles. The fourth-order valence-corrected chi connectivity index (χ4v) is 3.72. The van der Waals surface area contributed by atoms with Gasteiger partial charge in [-0.15, -0.1) is 0 Å². The van der Waals surface area contributed by atoms with E-state index in [-0.39, 0.29) is 36.1 Å². The van der Waals surface area contributed by atoms with Gasteiger partial charge in [0.05, 0.1) is 22.9 Å². The van der Waals surface area contributed by atoms with E-state index < -0.39 is 17.7 Å². The van der Waals surface area contributed by atoms with Gasteiger partial charge in [0.15, 0.2) is 0 Å². The smallest absolute Gasteiger partial charge is 0.272 e. The monoisotopic (exact) mass is 541 g/mol. The van der Waals surface area contributed by atoms with E-state index in [9.17, 15) is 19.2 Å². The number of nitrogens with zero attached hydrogens (tertiary/aromatic N) is 3. The third-order valence-corrected chi connectivity index (χ3v) is 5.52. The standard InChI is InChI=1S/C24H28ClN9O4/c1-32-12-15(9-17(32)22(36)28-7-5-20(26)27)30-24(38)19-10-16(13-34(19)3)31-23(37)18-8-14(11-33(18)2)29-21(35)4-6-25/h4,6,8-13H,5,7H2,1-3H3,(H3,26,27)(H,28,36)(H,29,35)(H,30,38)(H,31,37)/b6-4-. The summed E-state index contributed by atoms with van der Waals surface area (Å²) in [5, 5.41) is 18.0. The Labute approximate surface area is 223 Å². The number of hydrogen-bond acceptors (Lipinski definition) is 5. The first-order chi connectivity index (χ1) is 18.0. The van der Waals surface area contributed by atoms with Crippen LogP contribution in [0.3, 0.4) is 0 Å². The van der Waals surface area contributed by atoms with Crippen LogP contribution in [0, 0.1) is 5.41 Å². The van der Waals surface area contributed by atoms with Gasteiger partial charge in [-0.2, -0.15) is 0 Å². The van der Waals surface area contributed by atoms with Crippen LogP contribution in [-0.4, -0.2) is 49.7 Å². The lowest BCUT2D eigenvalue weighted by atomic mass is 10.3. The highest BCUT2D eigenvalue weighted by molar-refractivity contribution is 6.27. The fraction of sp³-hybridized carbons (Fsp3) is 0.208. The summed E-state index contributed by atoms with van der Waals surface area (Å²) in [6, 6.07) is 4.55. The van der Waals surface area contributed by atoms with Gasteiger partial charge in [0, 0.05) is 64.3 Å². The predicted octanol–water partition coefficient (Wildman–Crippen LogP) is 1.95. The topological polar surface area (TPSA) is 181 Å². The summed E-state index contributed by atoms with van der Waals surface area (Å²) >= 11 is 5.40. The first kappa shape index (κ1) is 27.8. The number of carbonyl (C=O) groups is 4. The molecule has 0 fully saturated rings. The van der Waals surface area contributed by atoms with Crippen molar-refractivity contribution in [2.75, 3.05) is 22.5 Å². The van der Waals surface area contributed by atoms with Crippen molar-refractivity contribution in [3.8, 4) is 0 Å². The normalized spacial score (nSPS) is 10.8. The Bertz CT molecular complexity index is 1430. The highest BCUT2D eigenvalue weighted by atomic mass is 35.5. The minimum Gasteiger partial charge on any atom is -0.388 e. The second-order valence-electron chi connectivity index (χ2n) is 8.40. The molecule has 14 heteroatoms. The van der Waals surface area contributed by atoms with Crippen LogP contribution in [0.5, 0.6) is 0 Å². The zero-order chi connectivity index (χ0) is 28.0. The summed E-state index contributed by atoms with van der Waals surface area (Å²) in [4.78, 5) is 49.8. The van der Waals surface area contributed by atoms with E-state index in [4.69, 9.17) is 22.7 Å². The van der Waals surface area contributed by atoms with Gasteiger partial charge in [0.25, 0.3) is 17.7 Å². The minimum atomic E-state index is -0.446. The molecular weight excluding hydrogens is 514 g/mol. The average molecular weight is 542 g/mol. The van der Waals surface area contributed by atoms with Crippen molar-refractivity contribution in [2.45, 2.75) is 6.42 Å². The number of hydrogen-bond donors (Lipinski definition) is 6. The van der Waals surface area contributed by atoms with Crippen LogP contribution >= 0.6 is 11.6 Å². The van der Waals surface area contributed by atoms with Crippen LogP contribution in [0.25, 0.3) is 0 Å². The number of carbonyl (C=O) groups excluding carboxylic acids is 4. The van der Waals surface area contributed by atoms with Crippen LogP contribution in [0.1, 0.15) is 37.9 Å². The lowest BCUT2D eigenvalue weighted by molar-refractivity contribution is -0.111. The Balaban J connectivity index is 1.66. The van der Waals surface area contributed by atoms with Crippen LogP contribution in [0.2, 0.25) is 0 Å². The quantitative estimate of drug-likeness (QED) is 0.130. The van der Waals surface area contributed by atoms with Crippen molar-refractivity contribution in [1.29, 1.82) is 5.41 Å². The van der Waals surface area contributed by atoms with E-state index in [1.54, 1.807) is 53.4 Å². The molecule has 200 valence electrons. The highest BCUT2D eigenvalue weighted by Gasteiger charge is 2.18. The van der Waals surface area contributed by atoms with Crippen molar-refractivity contribution < 1.29 is 19.2 Å². The van der Waals surface area contributed by atoms with E-state index in [1.165, 1.54) is 18.2 Å². The fourth-order valence-electron chi connectivity index (χ4n) is 3.61. The van der Waals surface area contributed by atoms with Crippen LogP contribution in [0.4, 0.5) is 17.1 Å². The lowest BCUT2D eigenvalue weighted by Gasteiger charge is -2.04. The lowest BCUT2D eigenvalue weighted by Crippen LogP contribution is -2.28. The molecular formula is C24H28ClN9O4. The van der Waals surface area contributed by atoms with Crippen molar-refractivity contribution in [1.82, 2.24) is 19.0 Å². The van der Waals surface area contributed by atoms with Crippen LogP contribution in [-0.2, 0) is 25.9 Å². The van der Waals surface area contributed by atoms with Gasteiger partial charge >= 0.3 is 0 Å². The number of amides is 4. The minimum absolute atomic E-state index is 0.0269. The van der Waals surface area contributed by atoms with Crippen molar-refractivity contribution >= 4 is 58.1 Å². The summed E-state index contributed by atoms with van der Waals surface area (Å²) in [7, 11) is 4.98. The molecule has 3 heterocycles. The SMILES string of the molecule is Cn1cc(NC(=O)c2cc(NC(=O)c3cc(NC(=O)/C=C\Cl)cn3C)cn2C)cc1C(=O)NCCC(=N)N. The largest absolute Gasteiger partial charge is 0.388 e. The molecule has 0 aliphatic heterocycles. The summed E-state index contributed by atoms with van der Waals surface area (Å²) in [6.07, 6.45) is 6.14. The Kier molecular flexibility index (Phi) is 8.76. The Morgan fingerprint density at radius 3 is 1.66 bits per heavy atom. The molecule has 38 heavy (non-hydrogen) atoms. The summed E-state index contributed by atoms with van der Waals surface area (Å²) < 4.78 is 4.67. The maximum atomic E-state index is 12.9. The Hall–Kier alpha value is -4.78. The molecule has 3 aromatic heterocycles. The van der Waals surface area contributed by atoms with E-state index in [0.29, 0.717) is 22.8 Å². The number of aryl methyl sites for hydroxylation is 3. The Morgan fingerprint density at radius 1 is 0.816 bits per heavy atom. The molecule has 3 rings (SSSR count). The third kappa shape index (κ3) is 6.91. The number of halogens is 1. The summed E-state index contributed by atoms with van der Waals surface area (Å²) in [6.45, 7) is 0.225. The third-order valence-electron chi connectivity index (χ3n) is 5.39. The maximum Gasteiger partial charge on any atom is 0.272 e. The number of anilines is 3. The van der Waals surface area contributed by atoms with Crippen LogP contribution in [0.15, 0.2) is 48.4 Å². The molecule has 0 spiro atoms.